The van der Waals surface area contributed by atoms with Gasteiger partial charge in [0.05, 0.1) is 0 Å². The highest BCUT2D eigenvalue weighted by atomic mass is 15.3. The molecular formula is C13H24N6. The molecule has 19 heavy (non-hydrogen) atoms. The van der Waals surface area contributed by atoms with E-state index in [0.717, 1.165) is 31.9 Å². The molecule has 0 amide bonds. The zero-order valence-electron chi connectivity index (χ0n) is 12.1. The average molecular weight is 264 g/mol. The van der Waals surface area contributed by atoms with Crippen molar-refractivity contribution in [2.45, 2.75) is 45.6 Å². The fraction of sp³-hybridized carbons (Fsp3) is 0.769. The molecule has 1 saturated heterocycles. The monoisotopic (exact) mass is 264 g/mol. The van der Waals surface area contributed by atoms with Gasteiger partial charge in [0.25, 0.3) is 0 Å². The van der Waals surface area contributed by atoms with Crippen molar-refractivity contribution >= 4 is 17.8 Å². The van der Waals surface area contributed by atoms with Gasteiger partial charge in [0, 0.05) is 26.2 Å². The molecule has 1 fully saturated rings. The molecule has 2 N–H and O–H groups in total. The van der Waals surface area contributed by atoms with Crippen LogP contribution in [0.5, 0.6) is 0 Å². The molecule has 1 aromatic heterocycles. The van der Waals surface area contributed by atoms with Crippen molar-refractivity contribution in [3.8, 4) is 0 Å². The average Bonchev–Trinajstić information content (AvgIpc) is 2.98. The Kier molecular flexibility index (Phi) is 4.76. The lowest BCUT2D eigenvalue weighted by molar-refractivity contribution is 0.663. The second-order valence-electron chi connectivity index (χ2n) is 4.88. The molecule has 0 unspecified atom stereocenters. The molecule has 0 radical (unpaired) electrons. The molecule has 6 heteroatoms. The Morgan fingerprint density at radius 2 is 1.68 bits per heavy atom. The molecule has 1 aromatic rings. The lowest BCUT2D eigenvalue weighted by Gasteiger charge is -2.19. The number of hydrogen-bond acceptors (Lipinski definition) is 6. The molecule has 0 aromatic carbocycles. The summed E-state index contributed by atoms with van der Waals surface area (Å²) in [5.74, 6) is 2.09. The van der Waals surface area contributed by atoms with Gasteiger partial charge in [0.15, 0.2) is 0 Å². The molecule has 106 valence electrons. The van der Waals surface area contributed by atoms with Crippen molar-refractivity contribution in [1.29, 1.82) is 0 Å². The van der Waals surface area contributed by atoms with E-state index in [0.29, 0.717) is 17.9 Å². The molecule has 0 bridgehead atoms. The highest BCUT2D eigenvalue weighted by molar-refractivity contribution is 5.44. The maximum atomic E-state index is 4.55. The lowest BCUT2D eigenvalue weighted by Crippen LogP contribution is -2.24. The Morgan fingerprint density at radius 3 is 2.26 bits per heavy atom. The first-order valence-electron chi connectivity index (χ1n) is 7.22. The molecule has 0 spiro atoms. The van der Waals surface area contributed by atoms with Gasteiger partial charge in [-0.3, -0.25) is 0 Å². The second-order valence-corrected chi connectivity index (χ2v) is 4.88. The minimum absolute atomic E-state index is 0.415. The Hall–Kier alpha value is -1.59. The molecular weight excluding hydrogens is 240 g/mol. The highest BCUT2D eigenvalue weighted by Crippen LogP contribution is 2.19. The summed E-state index contributed by atoms with van der Waals surface area (Å²) in [5, 5.41) is 6.40. The van der Waals surface area contributed by atoms with E-state index in [-0.39, 0.29) is 0 Å². The summed E-state index contributed by atoms with van der Waals surface area (Å²) >= 11 is 0. The molecule has 2 rings (SSSR count). The smallest absolute Gasteiger partial charge is 0.231 e. The predicted octanol–water partition coefficient (Wildman–Crippen LogP) is 2.11. The van der Waals surface area contributed by atoms with Gasteiger partial charge >= 0.3 is 0 Å². The van der Waals surface area contributed by atoms with Gasteiger partial charge in [-0.25, -0.2) is 0 Å². The van der Waals surface area contributed by atoms with Crippen molar-refractivity contribution < 1.29 is 0 Å². The van der Waals surface area contributed by atoms with Crippen LogP contribution < -0.4 is 15.5 Å². The Bertz CT molecular complexity index is 398. The summed E-state index contributed by atoms with van der Waals surface area (Å²) in [5.41, 5.74) is 0. The summed E-state index contributed by atoms with van der Waals surface area (Å²) in [6, 6.07) is 0.415. The van der Waals surface area contributed by atoms with Gasteiger partial charge in [-0.15, -0.1) is 0 Å². The number of hydrogen-bond donors (Lipinski definition) is 2. The van der Waals surface area contributed by atoms with Crippen molar-refractivity contribution in [2.24, 2.45) is 0 Å². The van der Waals surface area contributed by atoms with E-state index < -0.39 is 0 Å². The van der Waals surface area contributed by atoms with Crippen molar-refractivity contribution in [1.82, 2.24) is 15.0 Å². The van der Waals surface area contributed by atoms with Gasteiger partial charge in [0.1, 0.15) is 0 Å². The first kappa shape index (κ1) is 13.8. The third-order valence-electron chi connectivity index (χ3n) is 3.55. The van der Waals surface area contributed by atoms with Crippen LogP contribution in [0.1, 0.15) is 39.5 Å². The zero-order valence-corrected chi connectivity index (χ0v) is 12.1. The number of anilines is 3. The molecule has 1 aliphatic rings. The first-order valence-corrected chi connectivity index (χ1v) is 7.22. The molecule has 6 nitrogen and oxygen atoms in total. The molecule has 2 heterocycles. The Morgan fingerprint density at radius 1 is 1.05 bits per heavy atom. The van der Waals surface area contributed by atoms with Gasteiger partial charge in [-0.1, -0.05) is 13.8 Å². The maximum Gasteiger partial charge on any atom is 0.231 e. The quantitative estimate of drug-likeness (QED) is 0.820. The summed E-state index contributed by atoms with van der Waals surface area (Å²) in [4.78, 5) is 15.6. The Balaban J connectivity index is 2.19. The number of rotatable bonds is 6. The van der Waals surface area contributed by atoms with Crippen LogP contribution in [0.3, 0.4) is 0 Å². The van der Waals surface area contributed by atoms with Crippen molar-refractivity contribution in [2.75, 3.05) is 35.7 Å². The van der Waals surface area contributed by atoms with Crippen LogP contribution in [-0.2, 0) is 0 Å². The molecule has 1 aliphatic heterocycles. The van der Waals surface area contributed by atoms with Crippen LogP contribution in [0.15, 0.2) is 0 Å². The summed E-state index contributed by atoms with van der Waals surface area (Å²) < 4.78 is 0. The standard InChI is InChI=1S/C13H24N6/c1-4-10(5-2)15-12-16-11(14-3)17-13(18-12)19-8-6-7-9-19/h10H,4-9H2,1-3H3,(H2,14,15,16,17,18). The van der Waals surface area contributed by atoms with E-state index in [9.17, 15) is 0 Å². The molecule has 0 saturated carbocycles. The first-order chi connectivity index (χ1) is 9.26. The van der Waals surface area contributed by atoms with Crippen LogP contribution in [-0.4, -0.2) is 41.1 Å². The van der Waals surface area contributed by atoms with Crippen LogP contribution in [0.4, 0.5) is 17.8 Å². The van der Waals surface area contributed by atoms with Crippen molar-refractivity contribution in [3.63, 3.8) is 0 Å². The van der Waals surface area contributed by atoms with Crippen LogP contribution >= 0.6 is 0 Å². The predicted molar refractivity (Wildman–Crippen MR) is 78.8 cm³/mol. The lowest BCUT2D eigenvalue weighted by atomic mass is 10.2. The maximum absolute atomic E-state index is 4.55. The molecule has 0 atom stereocenters. The topological polar surface area (TPSA) is 66.0 Å². The molecule has 0 aliphatic carbocycles. The van der Waals surface area contributed by atoms with Crippen LogP contribution in [0.2, 0.25) is 0 Å². The highest BCUT2D eigenvalue weighted by Gasteiger charge is 2.17. The van der Waals surface area contributed by atoms with E-state index in [1.807, 2.05) is 7.05 Å². The minimum atomic E-state index is 0.415. The van der Waals surface area contributed by atoms with Crippen molar-refractivity contribution in [3.05, 3.63) is 0 Å². The third kappa shape index (κ3) is 3.45. The Labute approximate surface area is 115 Å². The van der Waals surface area contributed by atoms with Gasteiger partial charge in [0.2, 0.25) is 17.8 Å². The summed E-state index contributed by atoms with van der Waals surface area (Å²) in [7, 11) is 1.84. The van der Waals surface area contributed by atoms with Crippen LogP contribution in [0.25, 0.3) is 0 Å². The summed E-state index contributed by atoms with van der Waals surface area (Å²) in [6.45, 7) is 6.42. The number of nitrogens with one attached hydrogen (secondary N) is 2. The third-order valence-corrected chi connectivity index (χ3v) is 3.55. The normalized spacial score (nSPS) is 15.1. The van der Waals surface area contributed by atoms with E-state index in [2.05, 4.69) is 44.3 Å². The number of nitrogens with zero attached hydrogens (tertiary/aromatic N) is 4. The van der Waals surface area contributed by atoms with Gasteiger partial charge in [-0.05, 0) is 25.7 Å². The largest absolute Gasteiger partial charge is 0.357 e. The van der Waals surface area contributed by atoms with E-state index in [4.69, 9.17) is 0 Å². The summed E-state index contributed by atoms with van der Waals surface area (Å²) in [6.07, 6.45) is 4.57. The van der Waals surface area contributed by atoms with Gasteiger partial charge < -0.3 is 15.5 Å². The zero-order chi connectivity index (χ0) is 13.7. The SMILES string of the molecule is CCC(CC)Nc1nc(NC)nc(N2CCCC2)n1. The fourth-order valence-corrected chi connectivity index (χ4v) is 2.28. The van der Waals surface area contributed by atoms with E-state index >= 15 is 0 Å². The van der Waals surface area contributed by atoms with Crippen LogP contribution in [0, 0.1) is 0 Å². The minimum Gasteiger partial charge on any atom is -0.357 e. The number of aromatic nitrogens is 3. The van der Waals surface area contributed by atoms with Gasteiger partial charge in [-0.2, -0.15) is 15.0 Å². The second kappa shape index (κ2) is 6.54. The fourth-order valence-electron chi connectivity index (χ4n) is 2.28. The van der Waals surface area contributed by atoms with E-state index in [1.54, 1.807) is 0 Å². The van der Waals surface area contributed by atoms with E-state index in [1.165, 1.54) is 12.8 Å².